The van der Waals surface area contributed by atoms with Gasteiger partial charge in [-0.05, 0) is 25.0 Å². The monoisotopic (exact) mass is 335 g/mol. The van der Waals surface area contributed by atoms with E-state index in [2.05, 4.69) is 0 Å². The summed E-state index contributed by atoms with van der Waals surface area (Å²) in [7, 11) is 4.66. The second-order valence-corrected chi connectivity index (χ2v) is 6.17. The molecule has 1 aliphatic carbocycles. The molecule has 3 rings (SSSR count). The van der Waals surface area contributed by atoms with Crippen molar-refractivity contribution < 1.29 is 23.7 Å². The maximum Gasteiger partial charge on any atom is 0.254 e. The number of benzene rings is 1. The van der Waals surface area contributed by atoms with E-state index in [0.29, 0.717) is 36.0 Å². The first-order valence-corrected chi connectivity index (χ1v) is 8.42. The molecule has 1 aromatic rings. The zero-order valence-corrected chi connectivity index (χ0v) is 14.5. The van der Waals surface area contributed by atoms with Crippen molar-refractivity contribution in [3.8, 4) is 17.2 Å². The molecule has 1 amide bonds. The smallest absolute Gasteiger partial charge is 0.254 e. The Morgan fingerprint density at radius 1 is 1.08 bits per heavy atom. The zero-order chi connectivity index (χ0) is 17.1. The van der Waals surface area contributed by atoms with Crippen LogP contribution in [0.25, 0.3) is 0 Å². The van der Waals surface area contributed by atoms with Gasteiger partial charge in [0, 0.05) is 12.1 Å². The van der Waals surface area contributed by atoms with Crippen LogP contribution in [0.1, 0.15) is 36.0 Å². The molecule has 6 nitrogen and oxygen atoms in total. The lowest BCUT2D eigenvalue weighted by molar-refractivity contribution is -0.0752. The largest absolute Gasteiger partial charge is 0.493 e. The normalized spacial score (nSPS) is 23.4. The van der Waals surface area contributed by atoms with Gasteiger partial charge >= 0.3 is 0 Å². The number of hydrogen-bond acceptors (Lipinski definition) is 5. The van der Waals surface area contributed by atoms with Gasteiger partial charge in [-0.1, -0.05) is 12.8 Å². The number of amides is 1. The summed E-state index contributed by atoms with van der Waals surface area (Å²) in [5.41, 5.74) is 0.552. The van der Waals surface area contributed by atoms with Gasteiger partial charge in [-0.3, -0.25) is 4.79 Å². The molecular weight excluding hydrogens is 310 g/mol. The van der Waals surface area contributed by atoms with E-state index in [1.54, 1.807) is 33.5 Å². The molecular formula is C18H25NO5. The molecule has 0 spiro atoms. The molecule has 0 unspecified atom stereocenters. The van der Waals surface area contributed by atoms with Crippen LogP contribution in [-0.4, -0.2) is 57.4 Å². The number of carbonyl (C=O) groups excluding carboxylic acids is 1. The summed E-state index contributed by atoms with van der Waals surface area (Å²) in [6.45, 7) is 1.22. The highest BCUT2D eigenvalue weighted by atomic mass is 16.5. The Labute approximate surface area is 142 Å². The second-order valence-electron chi connectivity index (χ2n) is 6.17. The maximum absolute atomic E-state index is 13.1. The van der Waals surface area contributed by atoms with Crippen LogP contribution in [0.3, 0.4) is 0 Å². The maximum atomic E-state index is 13.1. The number of carbonyl (C=O) groups is 1. The minimum absolute atomic E-state index is 0.00514. The summed E-state index contributed by atoms with van der Waals surface area (Å²) in [5, 5.41) is 0. The van der Waals surface area contributed by atoms with Crippen LogP contribution in [0.4, 0.5) is 0 Å². The first kappa shape index (κ1) is 16.9. The lowest BCUT2D eigenvalue weighted by Gasteiger charge is -2.43. The van der Waals surface area contributed by atoms with Gasteiger partial charge in [-0.25, -0.2) is 0 Å². The number of nitrogens with zero attached hydrogens (tertiary/aromatic N) is 1. The van der Waals surface area contributed by atoms with Crippen molar-refractivity contribution in [1.82, 2.24) is 4.90 Å². The summed E-state index contributed by atoms with van der Waals surface area (Å²) in [6, 6.07) is 3.60. The third kappa shape index (κ3) is 3.02. The molecule has 0 aromatic heterocycles. The summed E-state index contributed by atoms with van der Waals surface area (Å²) in [4.78, 5) is 15.1. The van der Waals surface area contributed by atoms with E-state index >= 15 is 0 Å². The van der Waals surface area contributed by atoms with Crippen LogP contribution in [0.15, 0.2) is 12.1 Å². The fourth-order valence-corrected chi connectivity index (χ4v) is 3.72. The Kier molecular flexibility index (Phi) is 5.14. The van der Waals surface area contributed by atoms with Crippen molar-refractivity contribution in [3.63, 3.8) is 0 Å². The third-order valence-electron chi connectivity index (χ3n) is 4.90. The fraction of sp³-hybridized carbons (Fsp3) is 0.611. The molecule has 2 aliphatic rings. The fourth-order valence-electron chi connectivity index (χ4n) is 3.72. The summed E-state index contributed by atoms with van der Waals surface area (Å²) in [5.74, 6) is 1.48. The molecule has 2 fully saturated rings. The Bertz CT molecular complexity index is 576. The number of fused-ring (bicyclic) bond motifs is 1. The second kappa shape index (κ2) is 7.30. The quantitative estimate of drug-likeness (QED) is 0.846. The number of hydrogen-bond donors (Lipinski definition) is 0. The van der Waals surface area contributed by atoms with Crippen molar-refractivity contribution in [1.29, 1.82) is 0 Å². The lowest BCUT2D eigenvalue weighted by atomic mass is 9.89. The SMILES string of the molecule is COc1cc(C(=O)N2CCO[C@@H]3CCCC[C@H]32)cc(OC)c1OC. The molecule has 1 aromatic carbocycles. The summed E-state index contributed by atoms with van der Waals surface area (Å²) < 4.78 is 21.9. The van der Waals surface area contributed by atoms with Crippen LogP contribution in [0.2, 0.25) is 0 Å². The van der Waals surface area contributed by atoms with Crippen molar-refractivity contribution >= 4 is 5.91 Å². The van der Waals surface area contributed by atoms with E-state index in [-0.39, 0.29) is 18.1 Å². The molecule has 6 heteroatoms. The van der Waals surface area contributed by atoms with E-state index in [1.807, 2.05) is 4.90 Å². The Balaban J connectivity index is 1.91. The van der Waals surface area contributed by atoms with Crippen LogP contribution in [-0.2, 0) is 4.74 Å². The highest BCUT2D eigenvalue weighted by molar-refractivity contribution is 5.96. The predicted molar refractivity (Wildman–Crippen MR) is 89.1 cm³/mol. The molecule has 24 heavy (non-hydrogen) atoms. The zero-order valence-electron chi connectivity index (χ0n) is 14.5. The van der Waals surface area contributed by atoms with Gasteiger partial charge in [-0.2, -0.15) is 0 Å². The van der Waals surface area contributed by atoms with Gasteiger partial charge < -0.3 is 23.8 Å². The molecule has 0 radical (unpaired) electrons. The molecule has 0 N–H and O–H groups in total. The molecule has 1 heterocycles. The van der Waals surface area contributed by atoms with Crippen molar-refractivity contribution in [2.75, 3.05) is 34.5 Å². The predicted octanol–water partition coefficient (Wildman–Crippen LogP) is 2.50. The third-order valence-corrected chi connectivity index (χ3v) is 4.90. The van der Waals surface area contributed by atoms with Crippen LogP contribution in [0.5, 0.6) is 17.2 Å². The first-order valence-electron chi connectivity index (χ1n) is 8.42. The average molecular weight is 335 g/mol. The minimum atomic E-state index is -0.00514. The van der Waals surface area contributed by atoms with Crippen LogP contribution in [0, 0.1) is 0 Å². The van der Waals surface area contributed by atoms with Crippen LogP contribution >= 0.6 is 0 Å². The highest BCUT2D eigenvalue weighted by Gasteiger charge is 2.37. The number of methoxy groups -OCH3 is 3. The molecule has 132 valence electrons. The topological polar surface area (TPSA) is 57.2 Å². The average Bonchev–Trinajstić information content (AvgIpc) is 2.65. The molecule has 1 aliphatic heterocycles. The van der Waals surface area contributed by atoms with Crippen molar-refractivity contribution in [2.45, 2.75) is 37.8 Å². The summed E-state index contributed by atoms with van der Waals surface area (Å²) >= 11 is 0. The first-order chi connectivity index (χ1) is 11.7. The number of rotatable bonds is 4. The van der Waals surface area contributed by atoms with Gasteiger partial charge in [0.2, 0.25) is 5.75 Å². The van der Waals surface area contributed by atoms with Gasteiger partial charge in [-0.15, -0.1) is 0 Å². The Morgan fingerprint density at radius 2 is 1.75 bits per heavy atom. The summed E-state index contributed by atoms with van der Waals surface area (Å²) in [6.07, 6.45) is 4.51. The molecule has 0 bridgehead atoms. The molecule has 1 saturated heterocycles. The van der Waals surface area contributed by atoms with Crippen molar-refractivity contribution in [2.24, 2.45) is 0 Å². The number of morpholine rings is 1. The van der Waals surface area contributed by atoms with Crippen LogP contribution < -0.4 is 14.2 Å². The lowest BCUT2D eigenvalue weighted by Crippen LogP contribution is -2.54. The van der Waals surface area contributed by atoms with Gasteiger partial charge in [0.15, 0.2) is 11.5 Å². The van der Waals surface area contributed by atoms with E-state index in [9.17, 15) is 4.79 Å². The van der Waals surface area contributed by atoms with Crippen molar-refractivity contribution in [3.05, 3.63) is 17.7 Å². The molecule has 2 atom stereocenters. The molecule has 1 saturated carbocycles. The Morgan fingerprint density at radius 3 is 2.38 bits per heavy atom. The van der Waals surface area contributed by atoms with E-state index in [0.717, 1.165) is 19.3 Å². The minimum Gasteiger partial charge on any atom is -0.493 e. The standard InChI is InChI=1S/C18H25NO5/c1-21-15-10-12(11-16(22-2)17(15)23-3)18(20)19-8-9-24-14-7-5-4-6-13(14)19/h10-11,13-14H,4-9H2,1-3H3/t13-,14-/m1/s1. The van der Waals surface area contributed by atoms with E-state index in [1.165, 1.54) is 6.42 Å². The van der Waals surface area contributed by atoms with E-state index < -0.39 is 0 Å². The van der Waals surface area contributed by atoms with E-state index in [4.69, 9.17) is 18.9 Å². The van der Waals surface area contributed by atoms with Gasteiger partial charge in [0.05, 0.1) is 40.1 Å². The number of ether oxygens (including phenoxy) is 4. The van der Waals surface area contributed by atoms with Gasteiger partial charge in [0.1, 0.15) is 0 Å². The highest BCUT2D eigenvalue weighted by Crippen LogP contribution is 2.39. The Hall–Kier alpha value is -1.95. The van der Waals surface area contributed by atoms with Gasteiger partial charge in [0.25, 0.3) is 5.91 Å².